The molecule has 116 valence electrons. The van der Waals surface area contributed by atoms with Crippen LogP contribution in [-0.2, 0) is 17.8 Å². The Kier molecular flexibility index (Phi) is 4.28. The highest BCUT2D eigenvalue weighted by Crippen LogP contribution is 2.38. The number of carbonyl (C=O) groups excluding carboxylic acids is 1. The van der Waals surface area contributed by atoms with Crippen LogP contribution in [0.25, 0.3) is 0 Å². The van der Waals surface area contributed by atoms with Crippen LogP contribution >= 0.6 is 23.7 Å². The lowest BCUT2D eigenvalue weighted by Crippen LogP contribution is -2.33. The molecule has 1 saturated heterocycles. The minimum Gasteiger partial charge on any atom is -0.376 e. The molecule has 0 bridgehead atoms. The second-order valence-corrected chi connectivity index (χ2v) is 7.37. The number of fused-ring (bicyclic) bond motifs is 2. The molecule has 1 aliphatic carbocycles. The molecule has 1 aromatic heterocycles. The van der Waals surface area contributed by atoms with Gasteiger partial charge in [-0.2, -0.15) is 0 Å². The van der Waals surface area contributed by atoms with E-state index in [2.05, 4.69) is 0 Å². The van der Waals surface area contributed by atoms with Gasteiger partial charge in [-0.05, 0) is 36.3 Å². The number of halogens is 1. The summed E-state index contributed by atoms with van der Waals surface area (Å²) in [5.74, 6) is 1.36. The Morgan fingerprint density at radius 1 is 1.38 bits per heavy atom. The number of ether oxygens (including phenoxy) is 1. The van der Waals surface area contributed by atoms with Crippen molar-refractivity contribution in [1.29, 1.82) is 0 Å². The maximum absolute atomic E-state index is 12.7. The van der Waals surface area contributed by atoms with Gasteiger partial charge in [0, 0.05) is 30.4 Å². The number of amides is 1. The Balaban J connectivity index is 0.00000132. The van der Waals surface area contributed by atoms with Crippen molar-refractivity contribution in [3.05, 3.63) is 21.4 Å². The molecule has 3 aliphatic rings. The molecule has 2 fully saturated rings. The van der Waals surface area contributed by atoms with Gasteiger partial charge in [-0.3, -0.25) is 4.79 Å². The van der Waals surface area contributed by atoms with E-state index in [0.717, 1.165) is 37.4 Å². The van der Waals surface area contributed by atoms with E-state index < -0.39 is 0 Å². The number of hydrogen-bond donors (Lipinski definition) is 1. The summed E-state index contributed by atoms with van der Waals surface area (Å²) in [6.45, 7) is 3.19. The van der Waals surface area contributed by atoms with Crippen LogP contribution in [0.1, 0.15) is 33.0 Å². The van der Waals surface area contributed by atoms with Gasteiger partial charge in [-0.15, -0.1) is 23.7 Å². The fourth-order valence-electron chi connectivity index (χ4n) is 3.88. The summed E-state index contributed by atoms with van der Waals surface area (Å²) in [6, 6.07) is 2.33. The van der Waals surface area contributed by atoms with E-state index in [1.165, 1.54) is 16.9 Å². The summed E-state index contributed by atoms with van der Waals surface area (Å²) in [5.41, 5.74) is 7.36. The Hall–Kier alpha value is -0.620. The van der Waals surface area contributed by atoms with Crippen LogP contribution in [0, 0.1) is 11.8 Å². The highest BCUT2D eigenvalue weighted by atomic mass is 35.5. The van der Waals surface area contributed by atoms with Crippen molar-refractivity contribution in [1.82, 2.24) is 4.90 Å². The van der Waals surface area contributed by atoms with Crippen molar-refractivity contribution in [2.45, 2.75) is 31.9 Å². The number of nitrogens with two attached hydrogens (primary N) is 1. The topological polar surface area (TPSA) is 55.6 Å². The molecular weight excluding hydrogens is 308 g/mol. The van der Waals surface area contributed by atoms with Crippen LogP contribution in [0.5, 0.6) is 0 Å². The van der Waals surface area contributed by atoms with Gasteiger partial charge < -0.3 is 15.4 Å². The van der Waals surface area contributed by atoms with E-state index in [1.54, 1.807) is 11.3 Å². The van der Waals surface area contributed by atoms with Gasteiger partial charge in [0.1, 0.15) is 0 Å². The maximum Gasteiger partial charge on any atom is 0.263 e. The molecule has 1 amide bonds. The van der Waals surface area contributed by atoms with E-state index in [1.807, 2.05) is 11.0 Å². The lowest BCUT2D eigenvalue weighted by Gasteiger charge is -2.17. The van der Waals surface area contributed by atoms with Gasteiger partial charge in [0.2, 0.25) is 0 Å². The van der Waals surface area contributed by atoms with E-state index in [4.69, 9.17) is 10.5 Å². The smallest absolute Gasteiger partial charge is 0.263 e. The molecule has 3 heterocycles. The molecule has 1 saturated carbocycles. The average Bonchev–Trinajstić information content (AvgIpc) is 3.13. The van der Waals surface area contributed by atoms with Crippen molar-refractivity contribution in [2.24, 2.45) is 17.6 Å². The van der Waals surface area contributed by atoms with E-state index in [9.17, 15) is 4.79 Å². The molecule has 2 N–H and O–H groups in total. The number of thiophene rings is 1. The summed E-state index contributed by atoms with van der Waals surface area (Å²) in [7, 11) is 0. The molecule has 0 aromatic carbocycles. The van der Waals surface area contributed by atoms with Crippen LogP contribution in [0.2, 0.25) is 0 Å². The van der Waals surface area contributed by atoms with Crippen molar-refractivity contribution >= 4 is 29.7 Å². The van der Waals surface area contributed by atoms with Crippen LogP contribution in [0.4, 0.5) is 0 Å². The fourth-order valence-corrected chi connectivity index (χ4v) is 5.00. The Morgan fingerprint density at radius 3 is 3.00 bits per heavy atom. The second kappa shape index (κ2) is 5.88. The molecule has 6 heteroatoms. The normalized spacial score (nSPS) is 30.7. The Bertz CT molecular complexity index is 524. The van der Waals surface area contributed by atoms with Gasteiger partial charge >= 0.3 is 0 Å². The summed E-state index contributed by atoms with van der Waals surface area (Å²) in [6.07, 6.45) is 3.26. The predicted octanol–water partition coefficient (Wildman–Crippen LogP) is 2.05. The zero-order valence-electron chi connectivity index (χ0n) is 11.9. The number of hydrogen-bond acceptors (Lipinski definition) is 4. The molecular formula is C15H21ClN2O2S. The van der Waals surface area contributed by atoms with Crippen LogP contribution in [-0.4, -0.2) is 36.5 Å². The first kappa shape index (κ1) is 15.3. The molecule has 21 heavy (non-hydrogen) atoms. The zero-order valence-corrected chi connectivity index (χ0v) is 13.5. The molecule has 3 atom stereocenters. The summed E-state index contributed by atoms with van der Waals surface area (Å²) in [4.78, 5) is 16.9. The predicted molar refractivity (Wildman–Crippen MR) is 85.0 cm³/mol. The summed E-state index contributed by atoms with van der Waals surface area (Å²) >= 11 is 1.66. The monoisotopic (exact) mass is 328 g/mol. The second-order valence-electron chi connectivity index (χ2n) is 6.24. The standard InChI is InChI=1S/C15H20N2O2S.ClH/c16-12-2-1-9-6-17(7-11(9)12)15(18)14-5-10-8-19-4-3-13(10)20-14;/h5,9,11-12H,1-4,6-8,16H2;1H. The van der Waals surface area contributed by atoms with Crippen LogP contribution < -0.4 is 5.73 Å². The first-order valence-corrected chi connectivity index (χ1v) is 8.28. The van der Waals surface area contributed by atoms with Gasteiger partial charge in [-0.1, -0.05) is 0 Å². The Labute approximate surface area is 135 Å². The third kappa shape index (κ3) is 2.61. The Morgan fingerprint density at radius 2 is 2.24 bits per heavy atom. The first-order valence-electron chi connectivity index (χ1n) is 7.46. The summed E-state index contributed by atoms with van der Waals surface area (Å²) < 4.78 is 5.45. The highest BCUT2D eigenvalue weighted by molar-refractivity contribution is 7.14. The molecule has 1 aromatic rings. The van der Waals surface area contributed by atoms with E-state index >= 15 is 0 Å². The average molecular weight is 329 g/mol. The SMILES string of the molecule is Cl.NC1CCC2CN(C(=O)c3cc4c(s3)CCOC4)CC12. The minimum atomic E-state index is 0. The third-order valence-electron chi connectivity index (χ3n) is 5.04. The maximum atomic E-state index is 12.7. The summed E-state index contributed by atoms with van der Waals surface area (Å²) in [5, 5.41) is 0. The number of likely N-dealkylation sites (tertiary alicyclic amines) is 1. The fraction of sp³-hybridized carbons (Fsp3) is 0.667. The van der Waals surface area contributed by atoms with Crippen molar-refractivity contribution < 1.29 is 9.53 Å². The molecule has 2 aliphatic heterocycles. The largest absolute Gasteiger partial charge is 0.376 e. The molecule has 4 nitrogen and oxygen atoms in total. The van der Waals surface area contributed by atoms with Crippen LogP contribution in [0.15, 0.2) is 6.07 Å². The van der Waals surface area contributed by atoms with Crippen molar-refractivity contribution in [3.8, 4) is 0 Å². The zero-order chi connectivity index (χ0) is 13.7. The van der Waals surface area contributed by atoms with Crippen LogP contribution in [0.3, 0.4) is 0 Å². The molecule has 0 spiro atoms. The number of rotatable bonds is 1. The van der Waals surface area contributed by atoms with Gasteiger partial charge in [0.25, 0.3) is 5.91 Å². The highest BCUT2D eigenvalue weighted by Gasteiger charge is 2.42. The van der Waals surface area contributed by atoms with E-state index in [-0.39, 0.29) is 18.3 Å². The third-order valence-corrected chi connectivity index (χ3v) is 6.26. The molecule has 3 unspecified atom stereocenters. The molecule has 4 rings (SSSR count). The lowest BCUT2D eigenvalue weighted by atomic mass is 9.98. The van der Waals surface area contributed by atoms with Gasteiger partial charge in [0.15, 0.2) is 0 Å². The van der Waals surface area contributed by atoms with Gasteiger partial charge in [0.05, 0.1) is 18.1 Å². The minimum absolute atomic E-state index is 0. The van der Waals surface area contributed by atoms with Crippen molar-refractivity contribution in [3.63, 3.8) is 0 Å². The quantitative estimate of drug-likeness (QED) is 0.858. The first-order chi connectivity index (χ1) is 9.72. The number of nitrogens with zero attached hydrogens (tertiary/aromatic N) is 1. The lowest BCUT2D eigenvalue weighted by molar-refractivity contribution is 0.0784. The molecule has 0 radical (unpaired) electrons. The van der Waals surface area contributed by atoms with Gasteiger partial charge in [-0.25, -0.2) is 0 Å². The number of carbonyl (C=O) groups is 1. The van der Waals surface area contributed by atoms with E-state index in [0.29, 0.717) is 24.5 Å². The van der Waals surface area contributed by atoms with Crippen molar-refractivity contribution in [2.75, 3.05) is 19.7 Å².